The molecule has 0 heterocycles. The van der Waals surface area contributed by atoms with Gasteiger partial charge in [0.15, 0.2) is 11.6 Å². The van der Waals surface area contributed by atoms with Crippen molar-refractivity contribution in [1.29, 1.82) is 0 Å². The van der Waals surface area contributed by atoms with Crippen LogP contribution in [0.4, 0.5) is 8.78 Å². The molecule has 0 aromatic heterocycles. The van der Waals surface area contributed by atoms with Crippen LogP contribution in [-0.2, 0) is 4.79 Å². The maximum Gasteiger partial charge on any atom is 0.159 e. The van der Waals surface area contributed by atoms with Gasteiger partial charge in [-0.3, -0.25) is 4.79 Å². The maximum atomic E-state index is 13.1. The first-order chi connectivity index (χ1) is 7.47. The second-order valence-electron chi connectivity index (χ2n) is 4.22. The van der Waals surface area contributed by atoms with Gasteiger partial charge in [-0.1, -0.05) is 26.8 Å². The monoisotopic (exact) mass is 226 g/mol. The summed E-state index contributed by atoms with van der Waals surface area (Å²) in [5.74, 6) is -1.99. The van der Waals surface area contributed by atoms with Crippen LogP contribution in [0, 0.1) is 17.6 Å². The first kappa shape index (κ1) is 12.8. The van der Waals surface area contributed by atoms with Crippen molar-refractivity contribution in [2.75, 3.05) is 0 Å². The van der Waals surface area contributed by atoms with Gasteiger partial charge in [-0.25, -0.2) is 8.78 Å². The smallest absolute Gasteiger partial charge is 0.159 e. The van der Waals surface area contributed by atoms with E-state index in [9.17, 15) is 13.6 Å². The van der Waals surface area contributed by atoms with E-state index in [1.807, 2.05) is 13.8 Å². The first-order valence-corrected chi connectivity index (χ1v) is 5.45. The summed E-state index contributed by atoms with van der Waals surface area (Å²) in [6.07, 6.45) is 0.405. The Balaban J connectivity index is 3.11. The van der Waals surface area contributed by atoms with Crippen molar-refractivity contribution in [3.8, 4) is 0 Å². The van der Waals surface area contributed by atoms with Gasteiger partial charge in [0, 0.05) is 12.3 Å². The van der Waals surface area contributed by atoms with Crippen molar-refractivity contribution in [2.24, 2.45) is 5.92 Å². The van der Waals surface area contributed by atoms with E-state index in [4.69, 9.17) is 0 Å². The number of rotatable bonds is 4. The second-order valence-corrected chi connectivity index (χ2v) is 4.22. The Bertz CT molecular complexity index is 386. The van der Waals surface area contributed by atoms with Gasteiger partial charge in [0.1, 0.15) is 5.78 Å². The Hall–Kier alpha value is -1.25. The summed E-state index contributed by atoms with van der Waals surface area (Å²) >= 11 is 0. The fourth-order valence-corrected chi connectivity index (χ4v) is 1.87. The van der Waals surface area contributed by atoms with E-state index in [1.54, 1.807) is 6.92 Å². The number of halogens is 2. The van der Waals surface area contributed by atoms with Gasteiger partial charge in [-0.15, -0.1) is 0 Å². The number of hydrogen-bond donors (Lipinski definition) is 0. The van der Waals surface area contributed by atoms with Gasteiger partial charge in [-0.2, -0.15) is 0 Å². The molecule has 16 heavy (non-hydrogen) atoms. The number of Topliss-reactive ketones (excluding diaryl/α,β-unsaturated/α-hetero) is 1. The average molecular weight is 226 g/mol. The quantitative estimate of drug-likeness (QED) is 0.765. The lowest BCUT2D eigenvalue weighted by atomic mass is 9.84. The third-order valence-corrected chi connectivity index (χ3v) is 2.66. The van der Waals surface area contributed by atoms with Crippen LogP contribution in [0.2, 0.25) is 0 Å². The number of ketones is 1. The van der Waals surface area contributed by atoms with E-state index < -0.39 is 11.6 Å². The van der Waals surface area contributed by atoms with Crippen LogP contribution >= 0.6 is 0 Å². The Morgan fingerprint density at radius 1 is 1.25 bits per heavy atom. The fourth-order valence-electron chi connectivity index (χ4n) is 1.87. The summed E-state index contributed by atoms with van der Waals surface area (Å²) in [6.45, 7) is 5.58. The van der Waals surface area contributed by atoms with E-state index >= 15 is 0 Å². The molecule has 0 N–H and O–H groups in total. The molecule has 0 spiro atoms. The molecule has 1 aromatic carbocycles. The highest BCUT2D eigenvalue weighted by Crippen LogP contribution is 2.27. The number of benzene rings is 1. The van der Waals surface area contributed by atoms with Crippen molar-refractivity contribution in [2.45, 2.75) is 33.1 Å². The largest absolute Gasteiger partial charge is 0.299 e. The molecular formula is C13H16F2O. The summed E-state index contributed by atoms with van der Waals surface area (Å²) < 4.78 is 25.9. The maximum absolute atomic E-state index is 13.1. The molecule has 88 valence electrons. The van der Waals surface area contributed by atoms with Gasteiger partial charge in [-0.05, 0) is 23.6 Å². The number of carbonyl (C=O) groups excluding carboxylic acids is 1. The fraction of sp³-hybridized carbons (Fsp3) is 0.462. The predicted octanol–water partition coefficient (Wildman–Crippen LogP) is 3.68. The molecule has 1 unspecified atom stereocenters. The van der Waals surface area contributed by atoms with Crippen molar-refractivity contribution in [3.05, 3.63) is 35.4 Å². The molecule has 0 bridgehead atoms. The van der Waals surface area contributed by atoms with Gasteiger partial charge < -0.3 is 0 Å². The van der Waals surface area contributed by atoms with Crippen LogP contribution in [-0.4, -0.2) is 5.78 Å². The van der Waals surface area contributed by atoms with Crippen LogP contribution in [0.1, 0.15) is 38.7 Å². The molecular weight excluding hydrogens is 210 g/mol. The second kappa shape index (κ2) is 5.19. The molecule has 1 atom stereocenters. The molecule has 0 saturated heterocycles. The Labute approximate surface area is 94.5 Å². The topological polar surface area (TPSA) is 17.1 Å². The number of carbonyl (C=O) groups is 1. The lowest BCUT2D eigenvalue weighted by Crippen LogP contribution is -2.17. The van der Waals surface area contributed by atoms with Crippen molar-refractivity contribution in [1.82, 2.24) is 0 Å². The molecule has 3 heteroatoms. The third-order valence-electron chi connectivity index (χ3n) is 2.66. The molecule has 0 saturated carbocycles. The molecule has 1 rings (SSSR count). The Morgan fingerprint density at radius 2 is 1.88 bits per heavy atom. The molecule has 1 nitrogen and oxygen atoms in total. The molecule has 0 aliphatic rings. The van der Waals surface area contributed by atoms with Gasteiger partial charge >= 0.3 is 0 Å². The highest BCUT2D eigenvalue weighted by Gasteiger charge is 2.23. The van der Waals surface area contributed by atoms with Crippen molar-refractivity contribution < 1.29 is 13.6 Å². The zero-order chi connectivity index (χ0) is 12.3. The molecule has 0 fully saturated rings. The highest BCUT2D eigenvalue weighted by atomic mass is 19.2. The molecule has 1 aromatic rings. The third kappa shape index (κ3) is 2.65. The van der Waals surface area contributed by atoms with Gasteiger partial charge in [0.2, 0.25) is 0 Å². The predicted molar refractivity (Wildman–Crippen MR) is 59.2 cm³/mol. The van der Waals surface area contributed by atoms with Gasteiger partial charge in [0.05, 0.1) is 0 Å². The minimum Gasteiger partial charge on any atom is -0.299 e. The van der Waals surface area contributed by atoms with E-state index in [-0.39, 0.29) is 17.6 Å². The SMILES string of the molecule is CCC(=O)C(c1ccc(F)c(F)c1)C(C)C. The minimum absolute atomic E-state index is 0.0565. The van der Waals surface area contributed by atoms with Crippen molar-refractivity contribution in [3.63, 3.8) is 0 Å². The van der Waals surface area contributed by atoms with Crippen molar-refractivity contribution >= 4 is 5.78 Å². The Kier molecular flexibility index (Phi) is 4.16. The Morgan fingerprint density at radius 3 is 2.31 bits per heavy atom. The van der Waals surface area contributed by atoms with Crippen LogP contribution < -0.4 is 0 Å². The van der Waals surface area contributed by atoms with Crippen LogP contribution in [0.25, 0.3) is 0 Å². The zero-order valence-electron chi connectivity index (χ0n) is 9.76. The first-order valence-electron chi connectivity index (χ1n) is 5.45. The summed E-state index contributed by atoms with van der Waals surface area (Å²) in [6, 6.07) is 3.67. The van der Waals surface area contributed by atoms with E-state index in [2.05, 4.69) is 0 Å². The summed E-state index contributed by atoms with van der Waals surface area (Å²) in [5.41, 5.74) is 0.556. The zero-order valence-corrected chi connectivity index (χ0v) is 9.76. The minimum atomic E-state index is -0.896. The van der Waals surface area contributed by atoms with E-state index in [1.165, 1.54) is 6.07 Å². The van der Waals surface area contributed by atoms with Gasteiger partial charge in [0.25, 0.3) is 0 Å². The van der Waals surface area contributed by atoms with E-state index in [0.717, 1.165) is 12.1 Å². The molecule has 0 aliphatic heterocycles. The molecule has 0 amide bonds. The van der Waals surface area contributed by atoms with Crippen LogP contribution in [0.15, 0.2) is 18.2 Å². The average Bonchev–Trinajstić information content (AvgIpc) is 2.22. The highest BCUT2D eigenvalue weighted by molar-refractivity contribution is 5.85. The lowest BCUT2D eigenvalue weighted by Gasteiger charge is -2.19. The van der Waals surface area contributed by atoms with E-state index in [0.29, 0.717) is 12.0 Å². The summed E-state index contributed by atoms with van der Waals surface area (Å²) in [5, 5.41) is 0. The standard InChI is InChI=1S/C13H16F2O/c1-4-12(16)13(8(2)3)9-5-6-10(14)11(15)7-9/h5-8,13H,4H2,1-3H3. The summed E-state index contributed by atoms with van der Waals surface area (Å²) in [4.78, 5) is 11.7. The summed E-state index contributed by atoms with van der Waals surface area (Å²) in [7, 11) is 0. The molecule has 0 radical (unpaired) electrons. The molecule has 0 aliphatic carbocycles. The van der Waals surface area contributed by atoms with Crippen LogP contribution in [0.3, 0.4) is 0 Å². The normalized spacial score (nSPS) is 12.9. The number of hydrogen-bond acceptors (Lipinski definition) is 1. The lowest BCUT2D eigenvalue weighted by molar-refractivity contribution is -0.121. The van der Waals surface area contributed by atoms with Crippen LogP contribution in [0.5, 0.6) is 0 Å².